The summed E-state index contributed by atoms with van der Waals surface area (Å²) >= 11 is 0. The largest absolute Gasteiger partial charge is 0.309 e. The van der Waals surface area contributed by atoms with Gasteiger partial charge in [-0.3, -0.25) is 4.57 Å². The molecule has 0 saturated carbocycles. The van der Waals surface area contributed by atoms with Crippen molar-refractivity contribution >= 4 is 43.6 Å². The maximum Gasteiger partial charge on any atom is 0.238 e. The smallest absolute Gasteiger partial charge is 0.238 e. The normalized spacial score (nSPS) is 11.6. The Kier molecular flexibility index (Phi) is 7.42. The second-order valence-corrected chi connectivity index (χ2v) is 14.1. The molecular formula is C51H33N5. The van der Waals surface area contributed by atoms with Gasteiger partial charge in [-0.25, -0.2) is 9.97 Å². The van der Waals surface area contributed by atoms with E-state index in [1.807, 2.05) is 6.07 Å². The Morgan fingerprint density at radius 3 is 1.45 bits per heavy atom. The summed E-state index contributed by atoms with van der Waals surface area (Å²) in [4.78, 5) is 14.5. The Morgan fingerprint density at radius 2 is 0.768 bits per heavy atom. The maximum absolute atomic E-state index is 5.08. The molecule has 3 aromatic heterocycles. The van der Waals surface area contributed by atoms with Crippen LogP contribution in [0.5, 0.6) is 0 Å². The van der Waals surface area contributed by atoms with Gasteiger partial charge < -0.3 is 4.57 Å². The summed E-state index contributed by atoms with van der Waals surface area (Å²) in [7, 11) is 0. The molecule has 3 heterocycles. The van der Waals surface area contributed by atoms with Gasteiger partial charge in [-0.2, -0.15) is 4.98 Å². The van der Waals surface area contributed by atoms with Gasteiger partial charge >= 0.3 is 0 Å². The first kappa shape index (κ1) is 31.9. The van der Waals surface area contributed by atoms with Gasteiger partial charge in [0.2, 0.25) is 5.95 Å². The highest BCUT2D eigenvalue weighted by atomic mass is 15.2. The van der Waals surface area contributed by atoms with Crippen molar-refractivity contribution in [2.24, 2.45) is 0 Å². The summed E-state index contributed by atoms with van der Waals surface area (Å²) in [5, 5.41) is 4.76. The van der Waals surface area contributed by atoms with E-state index in [4.69, 9.17) is 9.97 Å². The van der Waals surface area contributed by atoms with Gasteiger partial charge in [0.05, 0.1) is 22.1 Å². The van der Waals surface area contributed by atoms with Gasteiger partial charge in [0.15, 0.2) is 5.82 Å². The van der Waals surface area contributed by atoms with E-state index in [9.17, 15) is 0 Å². The van der Waals surface area contributed by atoms with Gasteiger partial charge in [-0.15, -0.1) is 0 Å². The van der Waals surface area contributed by atoms with Crippen LogP contribution in [0.15, 0.2) is 200 Å². The molecule has 0 aliphatic rings. The molecular weight excluding hydrogens is 683 g/mol. The Morgan fingerprint density at radius 1 is 0.304 bits per heavy atom. The third-order valence-corrected chi connectivity index (χ3v) is 10.9. The lowest BCUT2D eigenvalue weighted by Gasteiger charge is -2.10. The minimum absolute atomic E-state index is 0.585. The molecule has 0 radical (unpaired) electrons. The second kappa shape index (κ2) is 13.0. The maximum atomic E-state index is 5.08. The van der Waals surface area contributed by atoms with Crippen molar-refractivity contribution in [1.82, 2.24) is 24.1 Å². The topological polar surface area (TPSA) is 48.5 Å². The molecule has 5 nitrogen and oxygen atoms in total. The highest BCUT2D eigenvalue weighted by molar-refractivity contribution is 6.12. The Hall–Kier alpha value is -7.63. The zero-order valence-corrected chi connectivity index (χ0v) is 30.3. The first-order valence-electron chi connectivity index (χ1n) is 18.8. The fraction of sp³-hybridized carbons (Fsp3) is 0. The summed E-state index contributed by atoms with van der Waals surface area (Å²) in [6, 6.07) is 68.9. The van der Waals surface area contributed by atoms with Crippen molar-refractivity contribution in [3.63, 3.8) is 0 Å². The van der Waals surface area contributed by atoms with Gasteiger partial charge in [0.1, 0.15) is 6.33 Å². The minimum Gasteiger partial charge on any atom is -0.309 e. The zero-order valence-electron chi connectivity index (χ0n) is 30.3. The van der Waals surface area contributed by atoms with Crippen molar-refractivity contribution in [3.8, 4) is 56.4 Å². The molecule has 0 aliphatic heterocycles. The van der Waals surface area contributed by atoms with E-state index in [1.165, 1.54) is 38.5 Å². The highest BCUT2D eigenvalue weighted by Crippen LogP contribution is 2.38. The number of hydrogen-bond donors (Lipinski definition) is 0. The number of benzene rings is 8. The molecule has 0 spiro atoms. The van der Waals surface area contributed by atoms with Crippen molar-refractivity contribution in [3.05, 3.63) is 200 Å². The molecule has 0 bridgehead atoms. The predicted molar refractivity (Wildman–Crippen MR) is 230 cm³/mol. The quantitative estimate of drug-likeness (QED) is 0.172. The van der Waals surface area contributed by atoms with Crippen LogP contribution >= 0.6 is 0 Å². The predicted octanol–water partition coefficient (Wildman–Crippen LogP) is 12.7. The van der Waals surface area contributed by atoms with Crippen molar-refractivity contribution in [2.75, 3.05) is 0 Å². The molecule has 0 N–H and O–H groups in total. The summed E-state index contributed by atoms with van der Waals surface area (Å²) in [6.45, 7) is 0. The third kappa shape index (κ3) is 5.29. The number of para-hydroxylation sites is 3. The molecule has 0 atom stereocenters. The highest BCUT2D eigenvalue weighted by Gasteiger charge is 2.18. The minimum atomic E-state index is 0.585. The molecule has 56 heavy (non-hydrogen) atoms. The van der Waals surface area contributed by atoms with Crippen LogP contribution in [0, 0.1) is 0 Å². The number of aromatic nitrogens is 5. The SMILES string of the molecule is c1ccc(-c2ccc(-c3cccc(-c4ncnc(-n5c6ccccc6c6cc(-c7ccc8c(c7)c7ccccc7n8-c7ccccc7)ccc65)n4)c3)cc2)cc1. The average Bonchev–Trinajstić information content (AvgIpc) is 3.79. The first-order chi connectivity index (χ1) is 27.8. The Bertz CT molecular complexity index is 3230. The summed E-state index contributed by atoms with van der Waals surface area (Å²) < 4.78 is 4.51. The van der Waals surface area contributed by atoms with E-state index in [1.54, 1.807) is 6.33 Å². The molecule has 0 unspecified atom stereocenters. The molecule has 0 aliphatic carbocycles. The van der Waals surface area contributed by atoms with E-state index in [0.29, 0.717) is 11.8 Å². The van der Waals surface area contributed by atoms with Gasteiger partial charge in [-0.05, 0) is 88.0 Å². The number of nitrogens with zero attached hydrogens (tertiary/aromatic N) is 5. The van der Waals surface area contributed by atoms with Gasteiger partial charge in [0.25, 0.3) is 0 Å². The van der Waals surface area contributed by atoms with Crippen LogP contribution in [0.25, 0.3) is 100 Å². The molecule has 0 amide bonds. The molecule has 11 aromatic rings. The number of hydrogen-bond acceptors (Lipinski definition) is 3. The lowest BCUT2D eigenvalue weighted by Crippen LogP contribution is -2.03. The number of rotatable bonds is 6. The van der Waals surface area contributed by atoms with Crippen LogP contribution < -0.4 is 0 Å². The molecule has 0 fully saturated rings. The first-order valence-corrected chi connectivity index (χ1v) is 18.8. The molecule has 262 valence electrons. The average molecular weight is 716 g/mol. The monoisotopic (exact) mass is 715 g/mol. The molecule has 11 rings (SSSR count). The Balaban J connectivity index is 0.984. The van der Waals surface area contributed by atoms with E-state index in [0.717, 1.165) is 49.7 Å². The van der Waals surface area contributed by atoms with Crippen molar-refractivity contribution < 1.29 is 0 Å². The lowest BCUT2D eigenvalue weighted by molar-refractivity contribution is 0.947. The van der Waals surface area contributed by atoms with Crippen molar-refractivity contribution in [1.29, 1.82) is 0 Å². The van der Waals surface area contributed by atoms with E-state index in [-0.39, 0.29) is 0 Å². The van der Waals surface area contributed by atoms with E-state index < -0.39 is 0 Å². The molecule has 5 heteroatoms. The summed E-state index contributed by atoms with van der Waals surface area (Å²) in [5.74, 6) is 1.21. The van der Waals surface area contributed by atoms with Gasteiger partial charge in [0, 0.05) is 32.8 Å². The fourth-order valence-electron chi connectivity index (χ4n) is 8.23. The van der Waals surface area contributed by atoms with Crippen LogP contribution in [0.4, 0.5) is 0 Å². The summed E-state index contributed by atoms with van der Waals surface area (Å²) in [6.07, 6.45) is 1.62. The van der Waals surface area contributed by atoms with Crippen molar-refractivity contribution in [2.45, 2.75) is 0 Å². The fourth-order valence-corrected chi connectivity index (χ4v) is 8.23. The zero-order chi connectivity index (χ0) is 37.0. The summed E-state index contributed by atoms with van der Waals surface area (Å²) in [5.41, 5.74) is 13.5. The van der Waals surface area contributed by atoms with Gasteiger partial charge in [-0.1, -0.05) is 140 Å². The van der Waals surface area contributed by atoms with Crippen LogP contribution in [-0.4, -0.2) is 24.1 Å². The number of fused-ring (bicyclic) bond motifs is 6. The molecule has 0 saturated heterocycles. The standard InChI is InChI=1S/C51H33N5/c1-3-12-34(13-4-1)35-22-24-36(25-23-35)37-14-11-15-40(30-37)50-52-33-53-51(54-50)56-47-21-10-8-19-43(47)45-32-39(27-29-49(45)56)38-26-28-48-44(31-38)42-18-7-9-20-46(42)55(48)41-16-5-2-6-17-41/h1-33H. The Labute approximate surface area is 323 Å². The van der Waals surface area contributed by atoms with Crippen LogP contribution in [0.1, 0.15) is 0 Å². The van der Waals surface area contributed by atoms with E-state index >= 15 is 0 Å². The third-order valence-electron chi connectivity index (χ3n) is 10.9. The van der Waals surface area contributed by atoms with E-state index in [2.05, 4.69) is 202 Å². The van der Waals surface area contributed by atoms with Crippen LogP contribution in [0.2, 0.25) is 0 Å². The lowest BCUT2D eigenvalue weighted by atomic mass is 9.99. The van der Waals surface area contributed by atoms with Crippen LogP contribution in [-0.2, 0) is 0 Å². The van der Waals surface area contributed by atoms with Crippen LogP contribution in [0.3, 0.4) is 0 Å². The molecule has 8 aromatic carbocycles. The second-order valence-electron chi connectivity index (χ2n) is 14.1.